The minimum Gasteiger partial charge on any atom is -0.497 e. The minimum atomic E-state index is -5.84. The van der Waals surface area contributed by atoms with E-state index in [0.717, 1.165) is 42.6 Å². The Hall–Kier alpha value is -3.37. The van der Waals surface area contributed by atoms with Crippen LogP contribution in [-0.4, -0.2) is 78.6 Å². The van der Waals surface area contributed by atoms with E-state index in [9.17, 15) is 22.8 Å². The Bertz CT molecular complexity index is 1540. The fourth-order valence-corrected chi connectivity index (χ4v) is 6.60. The number of alkyl halides is 3. The molecule has 0 bridgehead atoms. The first-order chi connectivity index (χ1) is 23.1. The van der Waals surface area contributed by atoms with Crippen molar-refractivity contribution in [2.75, 3.05) is 20.0 Å². The molecule has 0 aliphatic carbocycles. The molecule has 2 aliphatic rings. The molecule has 0 aromatic heterocycles. The molecule has 2 heterocycles. The molecule has 4 rings (SSSR count). The molecule has 2 aromatic rings. The van der Waals surface area contributed by atoms with Gasteiger partial charge in [0.05, 0.1) is 19.3 Å². The Labute approximate surface area is 289 Å². The van der Waals surface area contributed by atoms with Crippen LogP contribution in [0, 0.1) is 0 Å². The Morgan fingerprint density at radius 3 is 2.37 bits per heavy atom. The van der Waals surface area contributed by atoms with Gasteiger partial charge in [-0.25, -0.2) is 4.79 Å². The van der Waals surface area contributed by atoms with Crippen molar-refractivity contribution in [3.05, 3.63) is 90.0 Å². The number of halogens is 3. The van der Waals surface area contributed by atoms with Crippen LogP contribution in [0.25, 0.3) is 0 Å². The highest BCUT2D eigenvalue weighted by atomic mass is 32.2. The average Bonchev–Trinajstić information content (AvgIpc) is 3.42. The van der Waals surface area contributed by atoms with Gasteiger partial charge in [0.1, 0.15) is 11.9 Å². The molecule has 0 radical (unpaired) electrons. The van der Waals surface area contributed by atoms with Crippen LogP contribution >= 0.6 is 11.8 Å². The van der Waals surface area contributed by atoms with Crippen molar-refractivity contribution in [3.63, 3.8) is 0 Å². The predicted octanol–water partition coefficient (Wildman–Crippen LogP) is 7.11. The van der Waals surface area contributed by atoms with Crippen LogP contribution in [0.2, 0.25) is 0 Å². The molecule has 2 saturated heterocycles. The average molecular weight is 730 g/mol. The van der Waals surface area contributed by atoms with Crippen LogP contribution in [0.1, 0.15) is 50.2 Å². The van der Waals surface area contributed by atoms with Crippen LogP contribution < -0.4 is 4.74 Å². The normalized spacial score (nSPS) is 23.0. The summed E-state index contributed by atoms with van der Waals surface area (Å²) in [6.07, 6.45) is 6.81. The fraction of sp³-hybridized carbons (Fsp3) is 0.471. The van der Waals surface area contributed by atoms with Gasteiger partial charge in [0.25, 0.3) is 5.24 Å². The number of hydrogen-bond donors (Lipinski definition) is 1. The van der Waals surface area contributed by atoms with Crippen LogP contribution in [0.5, 0.6) is 5.75 Å². The number of carbonyl (C=O) groups excluding carboxylic acids is 2. The van der Waals surface area contributed by atoms with Crippen LogP contribution in [0.15, 0.2) is 78.9 Å². The van der Waals surface area contributed by atoms with Crippen molar-refractivity contribution in [1.82, 2.24) is 4.90 Å². The van der Waals surface area contributed by atoms with Crippen LogP contribution in [-0.2, 0) is 42.1 Å². The van der Waals surface area contributed by atoms with Gasteiger partial charge >= 0.3 is 21.6 Å². The summed E-state index contributed by atoms with van der Waals surface area (Å²) in [5.74, 6) is -0.193. The van der Waals surface area contributed by atoms with Crippen molar-refractivity contribution in [2.24, 2.45) is 0 Å². The number of amides is 1. The number of nitrogens with zero attached hydrogens (tertiary/aromatic N) is 1. The second kappa shape index (κ2) is 18.0. The summed E-state index contributed by atoms with van der Waals surface area (Å²) in [4.78, 5) is 27.9. The Morgan fingerprint density at radius 2 is 1.80 bits per heavy atom. The van der Waals surface area contributed by atoms with E-state index < -0.39 is 27.5 Å². The molecule has 2 fully saturated rings. The molecule has 1 amide bonds. The Kier molecular flexibility index (Phi) is 14.7. The summed E-state index contributed by atoms with van der Waals surface area (Å²) >= 11 is 1.27. The van der Waals surface area contributed by atoms with E-state index in [1.54, 1.807) is 20.3 Å². The largest absolute Gasteiger partial charge is 0.522 e. The Balaban J connectivity index is 0.000000723. The highest BCUT2D eigenvalue weighted by Gasteiger charge is 2.54. The smallest absolute Gasteiger partial charge is 0.497 e. The van der Waals surface area contributed by atoms with Gasteiger partial charge < -0.3 is 23.8 Å². The molecular formula is C34H42F3NO9S2. The van der Waals surface area contributed by atoms with Gasteiger partial charge in [0.2, 0.25) is 0 Å². The maximum atomic E-state index is 13.1. The van der Waals surface area contributed by atoms with Gasteiger partial charge in [-0.3, -0.25) is 9.35 Å². The topological polar surface area (TPSA) is 129 Å². The number of allylic oxidation sites excluding steroid dienone is 2. The second-order valence-corrected chi connectivity index (χ2v) is 14.0. The number of methoxy groups -OCH3 is 2. The van der Waals surface area contributed by atoms with E-state index in [0.29, 0.717) is 25.1 Å². The van der Waals surface area contributed by atoms with Crippen molar-refractivity contribution < 1.29 is 54.7 Å². The molecular weight excluding hydrogens is 688 g/mol. The van der Waals surface area contributed by atoms with Gasteiger partial charge in [-0.1, -0.05) is 65.9 Å². The van der Waals surface area contributed by atoms with Gasteiger partial charge in [0, 0.05) is 38.3 Å². The highest BCUT2D eigenvalue weighted by Crippen LogP contribution is 2.43. The van der Waals surface area contributed by atoms with Gasteiger partial charge in [0.15, 0.2) is 5.79 Å². The molecule has 0 unspecified atom stereocenters. The first-order valence-corrected chi connectivity index (χ1v) is 17.9. The Morgan fingerprint density at radius 1 is 1.14 bits per heavy atom. The summed E-state index contributed by atoms with van der Waals surface area (Å²) in [6.45, 7) is 6.10. The zero-order valence-electron chi connectivity index (χ0n) is 27.6. The van der Waals surface area contributed by atoms with Gasteiger partial charge in [-0.2, -0.15) is 21.6 Å². The third-order valence-electron chi connectivity index (χ3n) is 8.02. The molecule has 270 valence electrons. The molecule has 2 aromatic carbocycles. The van der Waals surface area contributed by atoms with E-state index >= 15 is 0 Å². The summed E-state index contributed by atoms with van der Waals surface area (Å²) < 4.78 is 81.8. The monoisotopic (exact) mass is 729 g/mol. The molecule has 15 heteroatoms. The number of esters is 1. The zero-order chi connectivity index (χ0) is 36.2. The zero-order valence-corrected chi connectivity index (χ0v) is 29.2. The number of thioether (sulfide) groups is 1. The minimum absolute atomic E-state index is 0.0217. The molecule has 0 spiro atoms. The van der Waals surface area contributed by atoms with Crippen molar-refractivity contribution in [3.8, 4) is 5.75 Å². The maximum Gasteiger partial charge on any atom is 0.522 e. The standard InChI is InChI=1S/C33H41NO6S.CHF3O3S/c1-5-6-10-24(2)19-31(35)39-29-20-28(18-13-25-11-8-7-9-12-25)40-33(21-29,38-4)30-23-41-32(36)34(30)22-26-14-16-27(37-3)17-15-26;2-1(3,4)8(5,6)7/h5,7-9,11-12,14-17,19,28-30H,1,6,10,13,18,20-23H2,2-4H3;(H,5,6,7)/b24-19-;/t28-,29-,30+,33-;/m1./s1. The number of rotatable bonds is 13. The lowest BCUT2D eigenvalue weighted by molar-refractivity contribution is -0.305. The van der Waals surface area contributed by atoms with Gasteiger partial charge in [-0.15, -0.1) is 6.58 Å². The number of aryl methyl sites for hydroxylation is 1. The number of ether oxygens (including phenoxy) is 4. The van der Waals surface area contributed by atoms with E-state index in [4.69, 9.17) is 31.9 Å². The van der Waals surface area contributed by atoms with Crippen LogP contribution in [0.3, 0.4) is 0 Å². The number of carbonyl (C=O) groups is 2. The van der Waals surface area contributed by atoms with Gasteiger partial charge in [-0.05, 0) is 55.9 Å². The third kappa shape index (κ3) is 11.9. The molecule has 10 nitrogen and oxygen atoms in total. The van der Waals surface area contributed by atoms with Crippen LogP contribution in [0.4, 0.5) is 18.0 Å². The van der Waals surface area contributed by atoms with E-state index in [1.807, 2.05) is 60.4 Å². The first kappa shape index (κ1) is 40.1. The van der Waals surface area contributed by atoms with Crippen molar-refractivity contribution in [1.29, 1.82) is 0 Å². The predicted molar refractivity (Wildman–Crippen MR) is 179 cm³/mol. The lowest BCUT2D eigenvalue weighted by Gasteiger charge is -2.48. The summed E-state index contributed by atoms with van der Waals surface area (Å²) in [5.41, 5.74) is -2.39. The highest BCUT2D eigenvalue weighted by molar-refractivity contribution is 8.13. The van der Waals surface area contributed by atoms with E-state index in [-0.39, 0.29) is 23.4 Å². The molecule has 1 N–H and O–H groups in total. The quantitative estimate of drug-likeness (QED) is 0.0749. The third-order valence-corrected chi connectivity index (χ3v) is 9.57. The van der Waals surface area contributed by atoms with E-state index in [2.05, 4.69) is 18.7 Å². The summed E-state index contributed by atoms with van der Waals surface area (Å²) in [7, 11) is -2.59. The summed E-state index contributed by atoms with van der Waals surface area (Å²) in [6, 6.07) is 17.6. The fourth-order valence-electron chi connectivity index (χ4n) is 5.51. The molecule has 2 aliphatic heterocycles. The van der Waals surface area contributed by atoms with E-state index in [1.165, 1.54) is 17.3 Å². The lowest BCUT2D eigenvalue weighted by atomic mass is 9.90. The SMILES string of the molecule is C=CCC/C(C)=C\C(=O)O[C@@H]1C[C@@H](CCc2ccccc2)O[C@@](OC)([C@@H]2CSC(=O)N2Cc2ccc(OC)cc2)C1.O=S(=O)(O)C(F)(F)F. The number of benzene rings is 2. The molecule has 0 saturated carbocycles. The lowest BCUT2D eigenvalue weighted by Crippen LogP contribution is -2.60. The van der Waals surface area contributed by atoms with Crippen molar-refractivity contribution >= 4 is 33.1 Å². The second-order valence-electron chi connectivity index (χ2n) is 11.6. The van der Waals surface area contributed by atoms with Crippen molar-refractivity contribution in [2.45, 2.75) is 81.5 Å². The summed E-state index contributed by atoms with van der Waals surface area (Å²) in [5, 5.41) is -0.0217. The molecule has 49 heavy (non-hydrogen) atoms. The number of hydrogen-bond acceptors (Lipinski definition) is 9. The first-order valence-electron chi connectivity index (χ1n) is 15.5. The maximum absolute atomic E-state index is 13.1. The molecule has 4 atom stereocenters.